The third-order valence-electron chi connectivity index (χ3n) is 13.8. The first-order chi connectivity index (χ1) is 33.7. The van der Waals surface area contributed by atoms with Crippen LogP contribution in [-0.2, 0) is 0 Å². The SMILES string of the molecule is c1cc(-c2ccc(N(c3ccc(-c4ccc5ccccc5c4)cc3)c3ccccc3-c3cccc4c3oc3ccccc34)c3c2oc2ccccc23)cc(-n2c3ccccc3c3ccccc32)c1. The van der Waals surface area contributed by atoms with Crippen LogP contribution in [0, 0.1) is 0 Å². The number of hydrogen-bond acceptors (Lipinski definition) is 3. The lowest BCUT2D eigenvalue weighted by Crippen LogP contribution is -2.12. The van der Waals surface area contributed by atoms with Crippen molar-refractivity contribution in [3.8, 4) is 39.1 Å². The lowest BCUT2D eigenvalue weighted by Gasteiger charge is -2.29. The Morgan fingerprint density at radius 2 is 0.926 bits per heavy atom. The standard InChI is InChI=1S/C64H40N2O2/c1-2-16-43-39-44(32-31-41(43)15-1)42-33-35-46(36-34-42)65(58-28-10-5-21-51(58)53-24-14-25-54-52-22-6-11-29-60(52)67-63(53)54)59-38-37-48(64-62(59)55-23-7-12-30-61(55)68-64)45-17-13-18-47(40-45)66-56-26-8-3-19-49(56)50-20-4-9-27-57(50)66/h1-40H. The number of fused-ring (bicyclic) bond motifs is 10. The van der Waals surface area contributed by atoms with Crippen LogP contribution in [0.25, 0.3) is 116 Å². The van der Waals surface area contributed by atoms with E-state index >= 15 is 0 Å². The van der Waals surface area contributed by atoms with Gasteiger partial charge in [0.1, 0.15) is 22.3 Å². The van der Waals surface area contributed by atoms with E-state index in [0.717, 1.165) is 94.4 Å². The van der Waals surface area contributed by atoms with Crippen LogP contribution in [0.2, 0.25) is 0 Å². The molecule has 0 atom stereocenters. The molecule has 14 aromatic rings. The van der Waals surface area contributed by atoms with Crippen molar-refractivity contribution >= 4 is 93.5 Å². The van der Waals surface area contributed by atoms with Crippen molar-refractivity contribution in [3.63, 3.8) is 0 Å². The van der Waals surface area contributed by atoms with E-state index in [1.165, 1.54) is 38.1 Å². The van der Waals surface area contributed by atoms with E-state index in [0.29, 0.717) is 0 Å². The normalized spacial score (nSPS) is 11.8. The number of anilines is 3. The van der Waals surface area contributed by atoms with Crippen molar-refractivity contribution in [1.82, 2.24) is 4.57 Å². The topological polar surface area (TPSA) is 34.5 Å². The van der Waals surface area contributed by atoms with Gasteiger partial charge in [-0.25, -0.2) is 0 Å². The molecular weight excluding hydrogens is 829 g/mol. The fraction of sp³-hybridized carbons (Fsp3) is 0. The van der Waals surface area contributed by atoms with Crippen molar-refractivity contribution in [2.45, 2.75) is 0 Å². The highest BCUT2D eigenvalue weighted by atomic mass is 16.3. The van der Waals surface area contributed by atoms with Gasteiger partial charge in [0.05, 0.1) is 27.8 Å². The zero-order valence-electron chi connectivity index (χ0n) is 36.8. The Hall–Kier alpha value is -9.12. The Morgan fingerprint density at radius 1 is 0.324 bits per heavy atom. The highest BCUT2D eigenvalue weighted by Gasteiger charge is 2.26. The average Bonchev–Trinajstić information content (AvgIpc) is 4.10. The van der Waals surface area contributed by atoms with Gasteiger partial charge in [0.25, 0.3) is 0 Å². The Kier molecular flexibility index (Phi) is 8.55. The van der Waals surface area contributed by atoms with E-state index in [-0.39, 0.29) is 0 Å². The lowest BCUT2D eigenvalue weighted by atomic mass is 9.96. The summed E-state index contributed by atoms with van der Waals surface area (Å²) in [5.41, 5.74) is 16.4. The van der Waals surface area contributed by atoms with Gasteiger partial charge in [0.2, 0.25) is 0 Å². The molecule has 0 spiro atoms. The van der Waals surface area contributed by atoms with E-state index in [2.05, 4.69) is 246 Å². The van der Waals surface area contributed by atoms with Gasteiger partial charge in [-0.2, -0.15) is 0 Å². The highest BCUT2D eigenvalue weighted by molar-refractivity contribution is 6.18. The summed E-state index contributed by atoms with van der Waals surface area (Å²) in [5, 5.41) is 9.21. The van der Waals surface area contributed by atoms with Gasteiger partial charge in [-0.15, -0.1) is 0 Å². The zero-order valence-corrected chi connectivity index (χ0v) is 36.8. The summed E-state index contributed by atoms with van der Waals surface area (Å²) in [7, 11) is 0. The fourth-order valence-corrected chi connectivity index (χ4v) is 10.7. The predicted octanol–water partition coefficient (Wildman–Crippen LogP) is 18.2. The van der Waals surface area contributed by atoms with Crippen LogP contribution in [0.4, 0.5) is 17.1 Å². The number of para-hydroxylation sites is 6. The molecule has 3 aromatic heterocycles. The maximum atomic E-state index is 7.04. The summed E-state index contributed by atoms with van der Waals surface area (Å²) in [6.45, 7) is 0. The molecule has 0 radical (unpaired) electrons. The molecule has 68 heavy (non-hydrogen) atoms. The van der Waals surface area contributed by atoms with Crippen molar-refractivity contribution in [1.29, 1.82) is 0 Å². The monoisotopic (exact) mass is 868 g/mol. The molecule has 0 aliphatic heterocycles. The number of nitrogens with zero attached hydrogens (tertiary/aromatic N) is 2. The quantitative estimate of drug-likeness (QED) is 0.160. The summed E-state index contributed by atoms with van der Waals surface area (Å²) in [5.74, 6) is 0. The van der Waals surface area contributed by atoms with Gasteiger partial charge in [-0.1, -0.05) is 170 Å². The minimum absolute atomic E-state index is 0.831. The average molecular weight is 869 g/mol. The number of rotatable bonds is 7. The summed E-state index contributed by atoms with van der Waals surface area (Å²) >= 11 is 0. The molecule has 0 saturated carbocycles. The summed E-state index contributed by atoms with van der Waals surface area (Å²) in [6, 6.07) is 86.9. The molecule has 0 unspecified atom stereocenters. The number of furan rings is 2. The molecule has 0 saturated heterocycles. The maximum absolute atomic E-state index is 7.04. The molecule has 0 N–H and O–H groups in total. The highest BCUT2D eigenvalue weighted by Crippen LogP contribution is 2.50. The largest absolute Gasteiger partial charge is 0.455 e. The van der Waals surface area contributed by atoms with E-state index in [4.69, 9.17) is 8.83 Å². The smallest absolute Gasteiger partial charge is 0.145 e. The molecule has 4 heteroatoms. The molecule has 318 valence electrons. The first-order valence-electron chi connectivity index (χ1n) is 23.2. The first kappa shape index (κ1) is 38.2. The summed E-state index contributed by atoms with van der Waals surface area (Å²) in [6.07, 6.45) is 0. The van der Waals surface area contributed by atoms with E-state index in [9.17, 15) is 0 Å². The molecule has 0 aliphatic carbocycles. The molecule has 14 rings (SSSR count). The number of benzene rings is 11. The molecule has 11 aromatic carbocycles. The predicted molar refractivity (Wildman–Crippen MR) is 284 cm³/mol. The van der Waals surface area contributed by atoms with E-state index in [1.807, 2.05) is 6.07 Å². The van der Waals surface area contributed by atoms with Crippen LogP contribution < -0.4 is 4.90 Å². The second kappa shape index (κ2) is 15.2. The van der Waals surface area contributed by atoms with Gasteiger partial charge >= 0.3 is 0 Å². The van der Waals surface area contributed by atoms with Crippen LogP contribution in [0.3, 0.4) is 0 Å². The molecule has 4 nitrogen and oxygen atoms in total. The van der Waals surface area contributed by atoms with Crippen LogP contribution in [0.1, 0.15) is 0 Å². The Balaban J connectivity index is 0.995. The third-order valence-corrected chi connectivity index (χ3v) is 13.8. The van der Waals surface area contributed by atoms with E-state index < -0.39 is 0 Å². The Labute approximate surface area is 391 Å². The van der Waals surface area contributed by atoms with Crippen LogP contribution in [0.5, 0.6) is 0 Å². The Bertz CT molecular complexity index is 4230. The molecule has 3 heterocycles. The molecular formula is C64H40N2O2. The molecule has 0 fully saturated rings. The van der Waals surface area contributed by atoms with Crippen LogP contribution in [-0.4, -0.2) is 4.57 Å². The first-order valence-corrected chi connectivity index (χ1v) is 23.2. The number of aromatic nitrogens is 1. The molecule has 0 bridgehead atoms. The van der Waals surface area contributed by atoms with Crippen molar-refractivity contribution in [2.75, 3.05) is 4.90 Å². The fourth-order valence-electron chi connectivity index (χ4n) is 10.7. The molecule has 0 amide bonds. The second-order valence-electron chi connectivity index (χ2n) is 17.6. The van der Waals surface area contributed by atoms with E-state index in [1.54, 1.807) is 0 Å². The van der Waals surface area contributed by atoms with Crippen LogP contribution >= 0.6 is 0 Å². The van der Waals surface area contributed by atoms with Crippen LogP contribution in [0.15, 0.2) is 251 Å². The minimum atomic E-state index is 0.831. The molecule has 0 aliphatic rings. The van der Waals surface area contributed by atoms with Crippen molar-refractivity contribution < 1.29 is 8.83 Å². The number of hydrogen-bond donors (Lipinski definition) is 0. The van der Waals surface area contributed by atoms with Gasteiger partial charge in [-0.05, 0) is 100 Å². The minimum Gasteiger partial charge on any atom is -0.455 e. The lowest BCUT2D eigenvalue weighted by molar-refractivity contribution is 0.669. The zero-order chi connectivity index (χ0) is 44.7. The summed E-state index contributed by atoms with van der Waals surface area (Å²) in [4.78, 5) is 2.41. The van der Waals surface area contributed by atoms with Gasteiger partial charge in [0.15, 0.2) is 0 Å². The summed E-state index contributed by atoms with van der Waals surface area (Å²) < 4.78 is 16.1. The van der Waals surface area contributed by atoms with Crippen molar-refractivity contribution in [2.24, 2.45) is 0 Å². The van der Waals surface area contributed by atoms with Gasteiger partial charge in [-0.3, -0.25) is 0 Å². The third kappa shape index (κ3) is 5.94. The van der Waals surface area contributed by atoms with Gasteiger partial charge < -0.3 is 18.3 Å². The second-order valence-corrected chi connectivity index (χ2v) is 17.6. The van der Waals surface area contributed by atoms with Gasteiger partial charge in [0, 0.05) is 55.0 Å². The van der Waals surface area contributed by atoms with Crippen molar-refractivity contribution in [3.05, 3.63) is 243 Å². The maximum Gasteiger partial charge on any atom is 0.145 e. The Morgan fingerprint density at radius 3 is 1.74 bits per heavy atom.